The Morgan fingerprint density at radius 3 is 2.72 bits per heavy atom. The average molecular weight is 247 g/mol. The van der Waals surface area contributed by atoms with Crippen molar-refractivity contribution in [2.45, 2.75) is 39.0 Å². The van der Waals surface area contributed by atoms with Crippen LogP contribution in [0.25, 0.3) is 0 Å². The molecule has 1 N–H and O–H groups in total. The average Bonchev–Trinajstić information content (AvgIpc) is 3.15. The Kier molecular flexibility index (Phi) is 3.84. The van der Waals surface area contributed by atoms with Crippen LogP contribution in [0.3, 0.4) is 0 Å². The Morgan fingerprint density at radius 2 is 2.17 bits per heavy atom. The van der Waals surface area contributed by atoms with Crippen LogP contribution in [0.2, 0.25) is 0 Å². The summed E-state index contributed by atoms with van der Waals surface area (Å²) in [6.07, 6.45) is 3.24. The van der Waals surface area contributed by atoms with Gasteiger partial charge in [0.1, 0.15) is 11.6 Å². The molecule has 98 valence electrons. The van der Waals surface area contributed by atoms with E-state index in [4.69, 9.17) is 4.74 Å². The van der Waals surface area contributed by atoms with Crippen LogP contribution in [0.15, 0.2) is 12.2 Å². The zero-order valence-electron chi connectivity index (χ0n) is 11.4. The molecule has 0 aromatic carbocycles. The van der Waals surface area contributed by atoms with E-state index in [9.17, 15) is 0 Å². The van der Waals surface area contributed by atoms with Crippen molar-refractivity contribution in [3.63, 3.8) is 0 Å². The maximum atomic E-state index is 5.76. The molecule has 4 heteroatoms. The fourth-order valence-corrected chi connectivity index (χ4v) is 1.74. The lowest BCUT2D eigenvalue weighted by molar-refractivity contribution is 0.305. The minimum atomic E-state index is 0.529. The Balaban J connectivity index is 2.15. The highest BCUT2D eigenvalue weighted by atomic mass is 16.5. The summed E-state index contributed by atoms with van der Waals surface area (Å²) in [4.78, 5) is 9.07. The third-order valence-corrected chi connectivity index (χ3v) is 3.07. The molecule has 1 fully saturated rings. The van der Waals surface area contributed by atoms with Crippen molar-refractivity contribution >= 4 is 5.82 Å². The molecular formula is C14H21N3O. The second kappa shape index (κ2) is 5.38. The van der Waals surface area contributed by atoms with Crippen molar-refractivity contribution < 1.29 is 4.74 Å². The quantitative estimate of drug-likeness (QED) is 0.785. The molecule has 0 unspecified atom stereocenters. The molecule has 1 aliphatic rings. The van der Waals surface area contributed by atoms with Crippen molar-refractivity contribution in [2.75, 3.05) is 19.0 Å². The summed E-state index contributed by atoms with van der Waals surface area (Å²) in [5.74, 6) is 3.02. The van der Waals surface area contributed by atoms with Crippen LogP contribution in [0, 0.1) is 6.92 Å². The molecule has 0 spiro atoms. The van der Waals surface area contributed by atoms with E-state index in [0.29, 0.717) is 18.4 Å². The molecule has 1 aromatic heterocycles. The highest BCUT2D eigenvalue weighted by Gasteiger charge is 2.28. The Bertz CT molecular complexity index is 453. The normalized spacial score (nSPS) is 14.4. The van der Waals surface area contributed by atoms with Gasteiger partial charge in [0, 0.05) is 19.4 Å². The predicted octanol–water partition coefficient (Wildman–Crippen LogP) is 3.05. The third-order valence-electron chi connectivity index (χ3n) is 3.07. The number of hydrogen-bond donors (Lipinski definition) is 1. The van der Waals surface area contributed by atoms with Gasteiger partial charge in [-0.2, -0.15) is 4.98 Å². The lowest BCUT2D eigenvalue weighted by Gasteiger charge is -2.12. The molecule has 0 aliphatic heterocycles. The molecule has 0 atom stereocenters. The van der Waals surface area contributed by atoms with Crippen LogP contribution in [-0.2, 0) is 0 Å². The summed E-state index contributed by atoms with van der Waals surface area (Å²) >= 11 is 0. The molecular weight excluding hydrogens is 226 g/mol. The van der Waals surface area contributed by atoms with Gasteiger partial charge in [-0.1, -0.05) is 5.57 Å². The summed E-state index contributed by atoms with van der Waals surface area (Å²) < 4.78 is 5.76. The second-order valence-electron chi connectivity index (χ2n) is 4.94. The number of aromatic nitrogens is 2. The maximum Gasteiger partial charge on any atom is 0.221 e. The van der Waals surface area contributed by atoms with Gasteiger partial charge in [-0.05, 0) is 26.7 Å². The summed E-state index contributed by atoms with van der Waals surface area (Å²) in [7, 11) is 1.88. The van der Waals surface area contributed by atoms with E-state index in [0.717, 1.165) is 29.2 Å². The minimum absolute atomic E-state index is 0.529. The monoisotopic (exact) mass is 247 g/mol. The predicted molar refractivity (Wildman–Crippen MR) is 73.2 cm³/mol. The Hall–Kier alpha value is -1.58. The third kappa shape index (κ3) is 3.00. The van der Waals surface area contributed by atoms with Gasteiger partial charge in [-0.25, -0.2) is 4.98 Å². The van der Waals surface area contributed by atoms with Crippen molar-refractivity contribution in [2.24, 2.45) is 0 Å². The molecule has 4 nitrogen and oxygen atoms in total. The summed E-state index contributed by atoms with van der Waals surface area (Å²) in [5.41, 5.74) is 2.10. The number of rotatable bonds is 6. The first-order valence-corrected chi connectivity index (χ1v) is 6.45. The molecule has 1 saturated carbocycles. The number of anilines is 1. The van der Waals surface area contributed by atoms with Gasteiger partial charge in [0.25, 0.3) is 0 Å². The molecule has 18 heavy (non-hydrogen) atoms. The fraction of sp³-hybridized carbons (Fsp3) is 0.571. The van der Waals surface area contributed by atoms with Crippen molar-refractivity contribution in [1.29, 1.82) is 0 Å². The molecule has 0 amide bonds. The largest absolute Gasteiger partial charge is 0.477 e. The van der Waals surface area contributed by atoms with E-state index >= 15 is 0 Å². The van der Waals surface area contributed by atoms with Crippen molar-refractivity contribution in [3.05, 3.63) is 23.5 Å². The number of hydrogen-bond acceptors (Lipinski definition) is 4. The highest BCUT2D eigenvalue weighted by molar-refractivity contribution is 5.48. The van der Waals surface area contributed by atoms with E-state index in [1.165, 1.54) is 12.8 Å². The lowest BCUT2D eigenvalue weighted by Crippen LogP contribution is -2.07. The number of nitrogens with zero attached hydrogens (tertiary/aromatic N) is 2. The van der Waals surface area contributed by atoms with Gasteiger partial charge >= 0.3 is 0 Å². The van der Waals surface area contributed by atoms with E-state index in [2.05, 4.69) is 21.9 Å². The SMILES string of the molecule is C=C(C)CCOc1nc(C2CC2)nc(NC)c1C. The van der Waals surface area contributed by atoms with Crippen LogP contribution in [0.5, 0.6) is 5.88 Å². The van der Waals surface area contributed by atoms with Crippen LogP contribution in [0.4, 0.5) is 5.82 Å². The minimum Gasteiger partial charge on any atom is -0.477 e. The first kappa shape index (κ1) is 12.9. The van der Waals surface area contributed by atoms with Crippen LogP contribution in [-0.4, -0.2) is 23.6 Å². The highest BCUT2D eigenvalue weighted by Crippen LogP contribution is 2.39. The maximum absolute atomic E-state index is 5.76. The van der Waals surface area contributed by atoms with Crippen LogP contribution < -0.4 is 10.1 Å². The van der Waals surface area contributed by atoms with Gasteiger partial charge in [0.05, 0.1) is 12.2 Å². The van der Waals surface area contributed by atoms with Gasteiger partial charge < -0.3 is 10.1 Å². The lowest BCUT2D eigenvalue weighted by atomic mass is 10.2. The van der Waals surface area contributed by atoms with E-state index < -0.39 is 0 Å². The second-order valence-corrected chi connectivity index (χ2v) is 4.94. The molecule has 2 rings (SSSR count). The van der Waals surface area contributed by atoms with Gasteiger partial charge in [0.2, 0.25) is 5.88 Å². The van der Waals surface area contributed by atoms with Crippen molar-refractivity contribution in [3.8, 4) is 5.88 Å². The first-order valence-electron chi connectivity index (χ1n) is 6.45. The van der Waals surface area contributed by atoms with Gasteiger partial charge in [-0.3, -0.25) is 0 Å². The molecule has 1 aliphatic carbocycles. The Labute approximate surface area is 108 Å². The smallest absolute Gasteiger partial charge is 0.221 e. The molecule has 0 saturated heterocycles. The summed E-state index contributed by atoms with van der Waals surface area (Å²) in [5, 5.41) is 3.11. The van der Waals surface area contributed by atoms with Crippen LogP contribution in [0.1, 0.15) is 43.5 Å². The van der Waals surface area contributed by atoms with Crippen LogP contribution >= 0.6 is 0 Å². The van der Waals surface area contributed by atoms with Gasteiger partial charge in [0.15, 0.2) is 0 Å². The summed E-state index contributed by atoms with van der Waals surface area (Å²) in [6.45, 7) is 8.49. The number of nitrogens with one attached hydrogen (secondary N) is 1. The van der Waals surface area contributed by atoms with Gasteiger partial charge in [-0.15, -0.1) is 6.58 Å². The van der Waals surface area contributed by atoms with E-state index in [1.54, 1.807) is 0 Å². The van der Waals surface area contributed by atoms with E-state index in [1.807, 2.05) is 20.9 Å². The molecule has 1 aromatic rings. The Morgan fingerprint density at radius 1 is 1.44 bits per heavy atom. The zero-order valence-corrected chi connectivity index (χ0v) is 11.4. The fourth-order valence-electron chi connectivity index (χ4n) is 1.74. The first-order chi connectivity index (χ1) is 8.61. The van der Waals surface area contributed by atoms with E-state index in [-0.39, 0.29) is 0 Å². The number of ether oxygens (including phenoxy) is 1. The molecule has 0 bridgehead atoms. The van der Waals surface area contributed by atoms with Crippen molar-refractivity contribution in [1.82, 2.24) is 9.97 Å². The molecule has 1 heterocycles. The standard InChI is InChI=1S/C14H21N3O/c1-9(2)7-8-18-14-10(3)12(15-4)16-13(17-14)11-5-6-11/h11H,1,5-8H2,2-4H3,(H,15,16,17). The molecule has 0 radical (unpaired) electrons. The summed E-state index contributed by atoms with van der Waals surface area (Å²) in [6, 6.07) is 0. The topological polar surface area (TPSA) is 47.0 Å². The zero-order chi connectivity index (χ0) is 13.1.